The third kappa shape index (κ3) is 12.3. The van der Waals surface area contributed by atoms with Gasteiger partial charge in [-0.25, -0.2) is 19.2 Å². The molecule has 6 atom stereocenters. The van der Waals surface area contributed by atoms with Crippen LogP contribution >= 0.6 is 22.9 Å². The molecule has 8 heterocycles. The number of alkyl halides is 5. The fourth-order valence-corrected chi connectivity index (χ4v) is 13.4. The number of likely N-dealkylation sites (tertiary alicyclic amines) is 2. The Morgan fingerprint density at radius 2 is 1.73 bits per heavy atom. The van der Waals surface area contributed by atoms with E-state index in [1.807, 2.05) is 57.1 Å². The second kappa shape index (κ2) is 23.4. The molecule has 1 aromatic carbocycles. The van der Waals surface area contributed by atoms with Crippen LogP contribution in [0.3, 0.4) is 0 Å². The lowest BCUT2D eigenvalue weighted by atomic mass is 9.76. The number of aromatic nitrogens is 3. The third-order valence-electron chi connectivity index (χ3n) is 16.7. The number of esters is 1. The fourth-order valence-electron chi connectivity index (χ4n) is 12.4. The summed E-state index contributed by atoms with van der Waals surface area (Å²) in [4.78, 5) is 72.5. The summed E-state index contributed by atoms with van der Waals surface area (Å²) in [5.74, 6) is -3.32. The minimum atomic E-state index is -4.32. The number of thiazole rings is 1. The molecular formula is C55H72ClF5N10O7S. The molecule has 6 bridgehead atoms. The predicted molar refractivity (Wildman–Crippen MR) is 289 cm³/mol. The van der Waals surface area contributed by atoms with Crippen molar-refractivity contribution < 1.29 is 55.7 Å². The number of fused-ring (bicyclic) bond motifs is 6. The normalized spacial score (nSPS) is 23.7. The summed E-state index contributed by atoms with van der Waals surface area (Å²) in [5, 5.41) is 19.2. The Bertz CT molecular complexity index is 2900. The van der Waals surface area contributed by atoms with Gasteiger partial charge in [0.25, 0.3) is 17.4 Å². The van der Waals surface area contributed by atoms with Crippen LogP contribution in [-0.2, 0) is 48.0 Å². The average Bonchev–Trinajstić information content (AvgIpc) is 4.33. The van der Waals surface area contributed by atoms with Gasteiger partial charge in [-0.1, -0.05) is 39.3 Å². The molecule has 3 N–H and O–H groups in total. The molecule has 24 heteroatoms. The first kappa shape index (κ1) is 58.6. The van der Waals surface area contributed by atoms with Crippen LogP contribution < -0.4 is 15.6 Å². The standard InChI is InChI=1S/C55H72ClF5N10O7S/c1-8-69-42-24-38(57)35-23-34(42)37(46(69)36-22-33(27-62-44(36)32(4)77-7)67-20-18-66(19-21-67)29-55(59,60)61)26-53(5,6)30-78-51(75)39-10-9-14-71(65-39)49(73)40(25-43-63-41(35)28-79-43)64-48(72)45(31(2)3)70-17-13-54(52(70)76)11-15-68(16-12-54)50(74)47(56)58/h22-24,27-28,31-32,39-40,45,47,52,65,76H,8-21,25-26,29-30H2,1-7H3,(H,64,72)/t32-,39-,40-,45-,47-,52?/m0/s1. The van der Waals surface area contributed by atoms with Crippen molar-refractivity contribution in [1.82, 2.24) is 45.0 Å². The number of hydrazine groups is 1. The monoisotopic (exact) mass is 1150 g/mol. The highest BCUT2D eigenvalue weighted by molar-refractivity contribution is 7.10. The summed E-state index contributed by atoms with van der Waals surface area (Å²) < 4.78 is 85.0. The molecule has 1 unspecified atom stereocenters. The highest BCUT2D eigenvalue weighted by atomic mass is 35.5. The van der Waals surface area contributed by atoms with Crippen LogP contribution in [0.1, 0.15) is 96.0 Å². The molecule has 0 saturated carbocycles. The van der Waals surface area contributed by atoms with Gasteiger partial charge in [0, 0.05) is 105 Å². The minimum absolute atomic E-state index is 0.0394. The van der Waals surface area contributed by atoms with E-state index in [0.717, 1.165) is 11.3 Å². The van der Waals surface area contributed by atoms with E-state index < -0.39 is 89.1 Å². The molecule has 3 aromatic heterocycles. The number of aryl methyl sites for hydroxylation is 1. The molecule has 3 amide bonds. The van der Waals surface area contributed by atoms with Crippen molar-refractivity contribution in [3.63, 3.8) is 0 Å². The number of nitrogens with one attached hydrogen (secondary N) is 2. The molecule has 432 valence electrons. The minimum Gasteiger partial charge on any atom is -0.464 e. The molecule has 17 nitrogen and oxygen atoms in total. The zero-order valence-corrected chi connectivity index (χ0v) is 47.4. The number of carbonyl (C=O) groups is 4. The van der Waals surface area contributed by atoms with Crippen LogP contribution in [-0.4, -0.2) is 172 Å². The molecule has 4 saturated heterocycles. The summed E-state index contributed by atoms with van der Waals surface area (Å²) in [5.41, 5.74) is 4.20. The smallest absolute Gasteiger partial charge is 0.401 e. The summed E-state index contributed by atoms with van der Waals surface area (Å²) in [6.07, 6.45) is -1.86. The molecule has 5 aliphatic heterocycles. The summed E-state index contributed by atoms with van der Waals surface area (Å²) >= 11 is 6.67. The first-order valence-electron chi connectivity index (χ1n) is 27.3. The van der Waals surface area contributed by atoms with E-state index in [9.17, 15) is 41.8 Å². The van der Waals surface area contributed by atoms with Crippen LogP contribution in [0.5, 0.6) is 0 Å². The Morgan fingerprint density at radius 1 is 1.03 bits per heavy atom. The van der Waals surface area contributed by atoms with Crippen molar-refractivity contribution in [3.05, 3.63) is 51.9 Å². The number of piperazine rings is 1. The molecule has 4 fully saturated rings. The molecule has 0 aliphatic carbocycles. The number of rotatable bonds is 11. The number of methoxy groups -OCH3 is 1. The van der Waals surface area contributed by atoms with Crippen molar-refractivity contribution in [2.45, 2.75) is 135 Å². The molecule has 1 spiro atoms. The Morgan fingerprint density at radius 3 is 2.39 bits per heavy atom. The van der Waals surface area contributed by atoms with Crippen molar-refractivity contribution in [2.24, 2.45) is 16.7 Å². The van der Waals surface area contributed by atoms with E-state index in [0.29, 0.717) is 103 Å². The average molecular weight is 1150 g/mol. The maximum Gasteiger partial charge on any atom is 0.401 e. The van der Waals surface area contributed by atoms with Crippen LogP contribution in [0.2, 0.25) is 0 Å². The number of cyclic esters (lactones) is 1. The maximum absolute atomic E-state index is 17.0. The van der Waals surface area contributed by atoms with Crippen LogP contribution in [0.15, 0.2) is 29.8 Å². The van der Waals surface area contributed by atoms with Gasteiger partial charge in [0.1, 0.15) is 24.1 Å². The van der Waals surface area contributed by atoms with Gasteiger partial charge >= 0.3 is 12.1 Å². The molecule has 79 heavy (non-hydrogen) atoms. The first-order chi connectivity index (χ1) is 37.4. The number of ether oxygens (including phenoxy) is 2. The quantitative estimate of drug-likeness (QED) is 0.0781. The second-order valence-electron chi connectivity index (χ2n) is 23.0. The fraction of sp³-hybridized carbons (Fsp3) is 0.636. The number of aliphatic hydroxyl groups is 1. The van der Waals surface area contributed by atoms with Crippen molar-refractivity contribution in [1.29, 1.82) is 0 Å². The number of carbonyl (C=O) groups excluding carboxylic acids is 4. The molecule has 0 radical (unpaired) electrons. The molecule has 9 rings (SSSR count). The Kier molecular flexibility index (Phi) is 17.4. The van der Waals surface area contributed by atoms with E-state index in [1.165, 1.54) is 32.2 Å². The van der Waals surface area contributed by atoms with Crippen LogP contribution in [0.4, 0.5) is 27.6 Å². The van der Waals surface area contributed by atoms with E-state index in [1.54, 1.807) is 29.7 Å². The number of amides is 3. The second-order valence-corrected chi connectivity index (χ2v) is 24.3. The van der Waals surface area contributed by atoms with Crippen molar-refractivity contribution >= 4 is 63.2 Å². The number of hydrogen-bond donors (Lipinski definition) is 3. The van der Waals surface area contributed by atoms with E-state index in [4.69, 9.17) is 31.0 Å². The number of nitrogens with zero attached hydrogens (tertiary/aromatic N) is 8. The van der Waals surface area contributed by atoms with Gasteiger partial charge in [-0.2, -0.15) is 13.2 Å². The third-order valence-corrected chi connectivity index (χ3v) is 17.7. The maximum atomic E-state index is 17.0. The van der Waals surface area contributed by atoms with E-state index in [-0.39, 0.29) is 57.2 Å². The van der Waals surface area contributed by atoms with Crippen molar-refractivity contribution in [2.75, 3.05) is 77.5 Å². The number of aliphatic hydroxyl groups excluding tert-OH is 1. The number of halogens is 6. The summed E-state index contributed by atoms with van der Waals surface area (Å²) in [6, 6.07) is 2.23. The van der Waals surface area contributed by atoms with Crippen LogP contribution in [0, 0.1) is 22.6 Å². The lowest BCUT2D eigenvalue weighted by Gasteiger charge is -2.43. The lowest BCUT2D eigenvalue weighted by Crippen LogP contribution is -2.62. The van der Waals surface area contributed by atoms with E-state index >= 15 is 4.39 Å². The number of benzene rings is 1. The Balaban J connectivity index is 1.08. The van der Waals surface area contributed by atoms with Crippen molar-refractivity contribution in [3.8, 4) is 22.5 Å². The molecule has 5 aliphatic rings. The topological polar surface area (TPSA) is 178 Å². The number of anilines is 1. The van der Waals surface area contributed by atoms with Gasteiger partial charge in [0.05, 0.1) is 64.8 Å². The van der Waals surface area contributed by atoms with E-state index in [2.05, 4.69) is 10.7 Å². The predicted octanol–water partition coefficient (Wildman–Crippen LogP) is 7.22. The first-order valence-corrected chi connectivity index (χ1v) is 28.6. The SMILES string of the molecule is CCn1c(-c2cc(N3CCN(CC(F)(F)F)CC3)cnc2[C@H](C)OC)c2c3cc(c(F)cc31)-c1csc(n1)C[C@H](NC(=O)[C@H](C(C)C)N1CCC3(CCN(C(=O)[C@H](F)Cl)CC3)C1O)C(=O)N1CCC[C@H](N1)C(=O)OCC(C)(C)C2. The van der Waals surface area contributed by atoms with Gasteiger partial charge in [-0.05, 0) is 82.1 Å². The summed E-state index contributed by atoms with van der Waals surface area (Å²) in [6.45, 7) is 12.9. The number of piperidine rings is 1. The Hall–Kier alpha value is -5.04. The highest BCUT2D eigenvalue weighted by Gasteiger charge is 2.52. The van der Waals surface area contributed by atoms with Gasteiger partial charge in [-0.15, -0.1) is 11.3 Å². The zero-order chi connectivity index (χ0) is 56.9. The van der Waals surface area contributed by atoms with Crippen LogP contribution in [0.25, 0.3) is 33.4 Å². The molecular weight excluding hydrogens is 1080 g/mol. The van der Waals surface area contributed by atoms with Gasteiger partial charge in [0.2, 0.25) is 5.91 Å². The lowest BCUT2D eigenvalue weighted by molar-refractivity contribution is -0.156. The summed E-state index contributed by atoms with van der Waals surface area (Å²) in [7, 11) is 1.58. The van der Waals surface area contributed by atoms with Gasteiger partial charge in [0.15, 0.2) is 0 Å². The number of hydrogen-bond acceptors (Lipinski definition) is 14. The zero-order valence-electron chi connectivity index (χ0n) is 45.8. The van der Waals surface area contributed by atoms with Gasteiger partial charge in [-0.3, -0.25) is 39.0 Å². The largest absolute Gasteiger partial charge is 0.464 e. The van der Waals surface area contributed by atoms with Gasteiger partial charge < -0.3 is 34.3 Å². The number of pyridine rings is 1. The highest BCUT2D eigenvalue weighted by Crippen LogP contribution is 2.47. The molecule has 4 aromatic rings. The Labute approximate surface area is 466 Å².